The summed E-state index contributed by atoms with van der Waals surface area (Å²) in [7, 11) is 1.62. The molecule has 20 heavy (non-hydrogen) atoms. The van der Waals surface area contributed by atoms with E-state index in [-0.39, 0.29) is 11.8 Å². The average Bonchev–Trinajstić information content (AvgIpc) is 2.50. The molecule has 1 saturated heterocycles. The normalized spacial score (nSPS) is 18.6. The van der Waals surface area contributed by atoms with E-state index in [1.54, 1.807) is 25.4 Å². The molecule has 2 rings (SSSR count). The van der Waals surface area contributed by atoms with Crippen molar-refractivity contribution in [2.75, 3.05) is 38.7 Å². The Bertz CT molecular complexity index is 416. The quantitative estimate of drug-likeness (QED) is 0.761. The number of pyridine rings is 1. The van der Waals surface area contributed by atoms with E-state index in [0.717, 1.165) is 25.9 Å². The summed E-state index contributed by atoms with van der Waals surface area (Å²) in [6, 6.07) is 3.54. The lowest BCUT2D eigenvalue weighted by Crippen LogP contribution is -2.37. The molecule has 0 spiro atoms. The Labute approximate surface area is 118 Å². The van der Waals surface area contributed by atoms with Crippen LogP contribution < -0.4 is 15.4 Å². The first-order valence-electron chi connectivity index (χ1n) is 6.89. The average molecular weight is 279 g/mol. The lowest BCUT2D eigenvalue weighted by Gasteiger charge is -2.21. The Morgan fingerprint density at radius 3 is 3.05 bits per heavy atom. The Hall–Kier alpha value is -1.66. The van der Waals surface area contributed by atoms with Crippen molar-refractivity contribution in [1.29, 1.82) is 0 Å². The molecule has 2 N–H and O–H groups in total. The van der Waals surface area contributed by atoms with Crippen LogP contribution in [0.5, 0.6) is 5.88 Å². The smallest absolute Gasteiger partial charge is 0.228 e. The number of hydrogen-bond donors (Lipinski definition) is 2. The van der Waals surface area contributed by atoms with Gasteiger partial charge < -0.3 is 20.1 Å². The second-order valence-corrected chi connectivity index (χ2v) is 4.76. The summed E-state index contributed by atoms with van der Waals surface area (Å²) in [5.41, 5.74) is 0.694. The number of carbonyl (C=O) groups is 1. The summed E-state index contributed by atoms with van der Waals surface area (Å²) in [5.74, 6) is 0.618. The van der Waals surface area contributed by atoms with Crippen molar-refractivity contribution in [2.24, 2.45) is 5.92 Å². The number of ether oxygens (including phenoxy) is 2. The van der Waals surface area contributed by atoms with Gasteiger partial charge in [-0.05, 0) is 25.5 Å². The van der Waals surface area contributed by atoms with Crippen LogP contribution >= 0.6 is 0 Å². The summed E-state index contributed by atoms with van der Waals surface area (Å²) >= 11 is 0. The van der Waals surface area contributed by atoms with Crippen molar-refractivity contribution in [1.82, 2.24) is 10.3 Å². The molecule has 0 radical (unpaired) electrons. The molecule has 0 bridgehead atoms. The number of rotatable bonds is 6. The van der Waals surface area contributed by atoms with Gasteiger partial charge in [-0.1, -0.05) is 0 Å². The van der Waals surface area contributed by atoms with Crippen molar-refractivity contribution in [2.45, 2.75) is 12.8 Å². The van der Waals surface area contributed by atoms with E-state index in [1.807, 2.05) is 0 Å². The van der Waals surface area contributed by atoms with Gasteiger partial charge in [0.15, 0.2) is 0 Å². The molecule has 2 heterocycles. The zero-order valence-electron chi connectivity index (χ0n) is 11.7. The zero-order chi connectivity index (χ0) is 14.2. The van der Waals surface area contributed by atoms with Crippen molar-refractivity contribution >= 4 is 11.6 Å². The van der Waals surface area contributed by atoms with Gasteiger partial charge >= 0.3 is 0 Å². The highest BCUT2D eigenvalue weighted by molar-refractivity contribution is 5.92. The van der Waals surface area contributed by atoms with Crippen LogP contribution in [-0.2, 0) is 9.53 Å². The lowest BCUT2D eigenvalue weighted by atomic mass is 9.99. The minimum absolute atomic E-state index is 0.0429. The minimum Gasteiger partial charge on any atom is -0.475 e. The fourth-order valence-corrected chi connectivity index (χ4v) is 2.09. The summed E-state index contributed by atoms with van der Waals surface area (Å²) in [6.07, 6.45) is 3.59. The van der Waals surface area contributed by atoms with Gasteiger partial charge in [0.2, 0.25) is 11.8 Å². The highest BCUT2D eigenvalue weighted by Gasteiger charge is 2.20. The van der Waals surface area contributed by atoms with Gasteiger partial charge in [0.25, 0.3) is 0 Å². The Morgan fingerprint density at radius 2 is 2.40 bits per heavy atom. The van der Waals surface area contributed by atoms with Gasteiger partial charge in [-0.25, -0.2) is 4.98 Å². The van der Waals surface area contributed by atoms with E-state index in [2.05, 4.69) is 15.6 Å². The fourth-order valence-electron chi connectivity index (χ4n) is 2.09. The summed E-state index contributed by atoms with van der Waals surface area (Å²) < 4.78 is 10.3. The lowest BCUT2D eigenvalue weighted by molar-refractivity contribution is -0.120. The highest BCUT2D eigenvalue weighted by Crippen LogP contribution is 2.15. The maximum Gasteiger partial charge on any atom is 0.228 e. The number of methoxy groups -OCH3 is 1. The SMILES string of the molecule is COCCOc1ccc(NC(=O)[C@@H]2CCCNC2)cn1. The maximum absolute atomic E-state index is 12.0. The fraction of sp³-hybridized carbons (Fsp3) is 0.571. The molecule has 6 heteroatoms. The van der Waals surface area contributed by atoms with Crippen molar-refractivity contribution in [3.8, 4) is 5.88 Å². The van der Waals surface area contributed by atoms with E-state index in [1.165, 1.54) is 0 Å². The summed E-state index contributed by atoms with van der Waals surface area (Å²) in [5, 5.41) is 6.12. The first-order chi connectivity index (χ1) is 9.79. The van der Waals surface area contributed by atoms with Crippen molar-refractivity contribution in [3.63, 3.8) is 0 Å². The van der Waals surface area contributed by atoms with E-state index in [4.69, 9.17) is 9.47 Å². The van der Waals surface area contributed by atoms with Gasteiger partial charge in [-0.2, -0.15) is 0 Å². The third-order valence-corrected chi connectivity index (χ3v) is 3.21. The molecule has 1 aromatic rings. The number of aromatic nitrogens is 1. The minimum atomic E-state index is 0.0429. The van der Waals surface area contributed by atoms with Crippen LogP contribution in [0.1, 0.15) is 12.8 Å². The first-order valence-corrected chi connectivity index (χ1v) is 6.89. The standard InChI is InChI=1S/C14H21N3O3/c1-19-7-8-20-13-5-4-12(10-16-13)17-14(18)11-3-2-6-15-9-11/h4-5,10-11,15H,2-3,6-9H2,1H3,(H,17,18)/t11-/m1/s1. The second kappa shape index (κ2) is 7.81. The van der Waals surface area contributed by atoms with Crippen LogP contribution in [0.15, 0.2) is 18.3 Å². The monoisotopic (exact) mass is 279 g/mol. The van der Waals surface area contributed by atoms with E-state index < -0.39 is 0 Å². The molecule has 0 aromatic carbocycles. The van der Waals surface area contributed by atoms with E-state index >= 15 is 0 Å². The zero-order valence-corrected chi connectivity index (χ0v) is 11.7. The molecule has 0 unspecified atom stereocenters. The number of piperidine rings is 1. The van der Waals surface area contributed by atoms with Crippen molar-refractivity contribution in [3.05, 3.63) is 18.3 Å². The van der Waals surface area contributed by atoms with Crippen LogP contribution in [0.3, 0.4) is 0 Å². The summed E-state index contributed by atoms with van der Waals surface area (Å²) in [4.78, 5) is 16.2. The molecule has 1 aliphatic rings. The van der Waals surface area contributed by atoms with Crippen LogP contribution in [-0.4, -0.2) is 44.3 Å². The third kappa shape index (κ3) is 4.47. The molecule has 1 fully saturated rings. The van der Waals surface area contributed by atoms with Gasteiger partial charge in [0.05, 0.1) is 24.4 Å². The molecule has 0 aliphatic carbocycles. The summed E-state index contributed by atoms with van der Waals surface area (Å²) in [6.45, 7) is 2.73. The van der Waals surface area contributed by atoms with E-state index in [0.29, 0.717) is 24.8 Å². The number of amides is 1. The number of anilines is 1. The Kier molecular flexibility index (Phi) is 5.76. The van der Waals surface area contributed by atoms with Crippen LogP contribution in [0.2, 0.25) is 0 Å². The van der Waals surface area contributed by atoms with E-state index in [9.17, 15) is 4.79 Å². The molecular weight excluding hydrogens is 258 g/mol. The van der Waals surface area contributed by atoms with Crippen LogP contribution in [0, 0.1) is 5.92 Å². The predicted molar refractivity (Wildman–Crippen MR) is 75.8 cm³/mol. The third-order valence-electron chi connectivity index (χ3n) is 3.21. The Balaban J connectivity index is 1.81. The first kappa shape index (κ1) is 14.7. The van der Waals surface area contributed by atoms with Gasteiger partial charge in [-0.15, -0.1) is 0 Å². The molecule has 6 nitrogen and oxygen atoms in total. The molecular formula is C14H21N3O3. The van der Waals surface area contributed by atoms with Crippen LogP contribution in [0.4, 0.5) is 5.69 Å². The molecule has 1 atom stereocenters. The predicted octanol–water partition coefficient (Wildman–Crippen LogP) is 1.04. The van der Waals surface area contributed by atoms with Crippen LogP contribution in [0.25, 0.3) is 0 Å². The van der Waals surface area contributed by atoms with Gasteiger partial charge in [0.1, 0.15) is 6.61 Å². The molecule has 1 aromatic heterocycles. The van der Waals surface area contributed by atoms with Gasteiger partial charge in [-0.3, -0.25) is 4.79 Å². The number of nitrogens with one attached hydrogen (secondary N) is 2. The molecule has 1 aliphatic heterocycles. The largest absolute Gasteiger partial charge is 0.475 e. The number of hydrogen-bond acceptors (Lipinski definition) is 5. The molecule has 1 amide bonds. The molecule has 0 saturated carbocycles. The highest BCUT2D eigenvalue weighted by atomic mass is 16.5. The molecule has 110 valence electrons. The Morgan fingerprint density at radius 1 is 1.50 bits per heavy atom. The second-order valence-electron chi connectivity index (χ2n) is 4.76. The number of nitrogens with zero attached hydrogens (tertiary/aromatic N) is 1. The topological polar surface area (TPSA) is 72.5 Å². The van der Waals surface area contributed by atoms with Crippen molar-refractivity contribution < 1.29 is 14.3 Å². The number of carbonyl (C=O) groups excluding carboxylic acids is 1. The maximum atomic E-state index is 12.0. The van der Waals surface area contributed by atoms with Gasteiger partial charge in [0, 0.05) is 19.7 Å².